The van der Waals surface area contributed by atoms with E-state index < -0.39 is 10.0 Å². The second-order valence-electron chi connectivity index (χ2n) is 7.09. The smallest absolute Gasteiger partial charge is 0.243 e. The normalized spacial score (nSPS) is 15.0. The number of hydrogen-bond acceptors (Lipinski definition) is 5. The molecule has 1 heterocycles. The van der Waals surface area contributed by atoms with E-state index in [9.17, 15) is 8.42 Å². The molecular formula is C23H23ClN2O4S. The van der Waals surface area contributed by atoms with Gasteiger partial charge in [-0.2, -0.15) is 4.31 Å². The van der Waals surface area contributed by atoms with Crippen molar-refractivity contribution in [3.05, 3.63) is 77.8 Å². The number of hydrogen-bond donors (Lipinski definition) is 0. The summed E-state index contributed by atoms with van der Waals surface area (Å²) in [5.41, 5.74) is 1.05. The highest BCUT2D eigenvalue weighted by Gasteiger charge is 2.28. The predicted molar refractivity (Wildman–Crippen MR) is 122 cm³/mol. The van der Waals surface area contributed by atoms with E-state index in [0.29, 0.717) is 42.7 Å². The van der Waals surface area contributed by atoms with Crippen molar-refractivity contribution in [3.8, 4) is 17.2 Å². The first-order chi connectivity index (χ1) is 15.0. The molecular weight excluding hydrogens is 436 g/mol. The molecule has 1 aliphatic heterocycles. The van der Waals surface area contributed by atoms with Gasteiger partial charge in [0.05, 0.1) is 17.0 Å². The minimum absolute atomic E-state index is 0.247. The summed E-state index contributed by atoms with van der Waals surface area (Å²) in [6, 6.07) is 21.3. The topological polar surface area (TPSA) is 59.1 Å². The van der Waals surface area contributed by atoms with E-state index in [1.54, 1.807) is 43.5 Å². The van der Waals surface area contributed by atoms with Crippen LogP contribution in [-0.2, 0) is 10.0 Å². The van der Waals surface area contributed by atoms with E-state index in [2.05, 4.69) is 4.90 Å². The number of sulfonamides is 1. The lowest BCUT2D eigenvalue weighted by atomic mass is 10.2. The van der Waals surface area contributed by atoms with Gasteiger partial charge in [0.1, 0.15) is 17.2 Å². The molecule has 0 unspecified atom stereocenters. The van der Waals surface area contributed by atoms with Gasteiger partial charge in [-0.3, -0.25) is 0 Å². The number of para-hydroxylation sites is 1. The van der Waals surface area contributed by atoms with Gasteiger partial charge in [-0.05, 0) is 60.7 Å². The lowest BCUT2D eigenvalue weighted by Crippen LogP contribution is -2.48. The Morgan fingerprint density at radius 1 is 0.806 bits per heavy atom. The first-order valence-electron chi connectivity index (χ1n) is 9.89. The molecule has 3 aromatic rings. The highest BCUT2D eigenvalue weighted by atomic mass is 35.5. The van der Waals surface area contributed by atoms with Crippen LogP contribution in [0.25, 0.3) is 0 Å². The quantitative estimate of drug-likeness (QED) is 0.538. The molecule has 0 radical (unpaired) electrons. The molecule has 3 aromatic carbocycles. The molecule has 1 saturated heterocycles. The summed E-state index contributed by atoms with van der Waals surface area (Å²) in [5, 5.41) is 0.494. The largest absolute Gasteiger partial charge is 0.497 e. The number of ether oxygens (including phenoxy) is 2. The maximum atomic E-state index is 13.1. The van der Waals surface area contributed by atoms with Gasteiger partial charge in [-0.25, -0.2) is 8.42 Å². The van der Waals surface area contributed by atoms with E-state index in [1.165, 1.54) is 4.31 Å². The number of benzene rings is 3. The second-order valence-corrected chi connectivity index (χ2v) is 9.44. The zero-order valence-corrected chi connectivity index (χ0v) is 18.6. The zero-order chi connectivity index (χ0) is 21.8. The van der Waals surface area contributed by atoms with Crippen LogP contribution >= 0.6 is 11.6 Å². The molecule has 1 aliphatic rings. The monoisotopic (exact) mass is 458 g/mol. The molecule has 0 N–H and O–H groups in total. The van der Waals surface area contributed by atoms with Crippen LogP contribution in [0.15, 0.2) is 77.7 Å². The van der Waals surface area contributed by atoms with Crippen LogP contribution in [0, 0.1) is 0 Å². The van der Waals surface area contributed by atoms with Crippen molar-refractivity contribution >= 4 is 27.3 Å². The Kier molecular flexibility index (Phi) is 6.36. The Morgan fingerprint density at radius 2 is 1.42 bits per heavy atom. The SMILES string of the molecule is COc1ccc(N2CCN(S(=O)(=O)c3ccc(Oc4ccccc4Cl)cc3)CC2)cc1. The van der Waals surface area contributed by atoms with Crippen molar-refractivity contribution in [1.82, 2.24) is 4.31 Å². The molecule has 4 rings (SSSR count). The van der Waals surface area contributed by atoms with Crippen molar-refractivity contribution < 1.29 is 17.9 Å². The van der Waals surface area contributed by atoms with Gasteiger partial charge >= 0.3 is 0 Å². The lowest BCUT2D eigenvalue weighted by molar-refractivity contribution is 0.384. The summed E-state index contributed by atoms with van der Waals surface area (Å²) in [6.45, 7) is 2.09. The molecule has 1 fully saturated rings. The van der Waals surface area contributed by atoms with Gasteiger partial charge in [0.15, 0.2) is 0 Å². The minimum Gasteiger partial charge on any atom is -0.497 e. The minimum atomic E-state index is -3.57. The summed E-state index contributed by atoms with van der Waals surface area (Å²) in [7, 11) is -1.94. The Balaban J connectivity index is 1.41. The summed E-state index contributed by atoms with van der Waals surface area (Å²) >= 11 is 6.11. The first kappa shape index (κ1) is 21.5. The highest BCUT2D eigenvalue weighted by molar-refractivity contribution is 7.89. The third kappa shape index (κ3) is 4.79. The maximum absolute atomic E-state index is 13.1. The number of rotatable bonds is 6. The fourth-order valence-electron chi connectivity index (χ4n) is 3.46. The number of methoxy groups -OCH3 is 1. The molecule has 31 heavy (non-hydrogen) atoms. The van der Waals surface area contributed by atoms with Crippen molar-refractivity contribution in [2.75, 3.05) is 38.2 Å². The average Bonchev–Trinajstić information content (AvgIpc) is 2.81. The number of nitrogens with zero attached hydrogens (tertiary/aromatic N) is 2. The predicted octanol–water partition coefficient (Wildman–Crippen LogP) is 4.65. The van der Waals surface area contributed by atoms with E-state index >= 15 is 0 Å². The standard InChI is InChI=1S/C23H23ClN2O4S/c1-29-19-8-6-18(7-9-19)25-14-16-26(17-15-25)31(27,28)21-12-10-20(11-13-21)30-23-5-3-2-4-22(23)24/h2-13H,14-17H2,1H3. The molecule has 0 amide bonds. The maximum Gasteiger partial charge on any atom is 0.243 e. The van der Waals surface area contributed by atoms with Gasteiger partial charge in [0, 0.05) is 31.9 Å². The Morgan fingerprint density at radius 3 is 2.03 bits per heavy atom. The average molecular weight is 459 g/mol. The van der Waals surface area contributed by atoms with Gasteiger partial charge in [-0.1, -0.05) is 23.7 Å². The van der Waals surface area contributed by atoms with Crippen LogP contribution in [0.5, 0.6) is 17.2 Å². The van der Waals surface area contributed by atoms with E-state index in [1.807, 2.05) is 36.4 Å². The summed E-state index contributed by atoms with van der Waals surface area (Å²) in [4.78, 5) is 2.42. The Labute approximate surface area is 187 Å². The van der Waals surface area contributed by atoms with Crippen molar-refractivity contribution in [3.63, 3.8) is 0 Å². The molecule has 0 aliphatic carbocycles. The molecule has 162 valence electrons. The number of anilines is 1. The van der Waals surface area contributed by atoms with E-state index in [-0.39, 0.29) is 4.90 Å². The van der Waals surface area contributed by atoms with Gasteiger partial charge in [0.2, 0.25) is 10.0 Å². The van der Waals surface area contributed by atoms with Crippen molar-refractivity contribution in [2.45, 2.75) is 4.90 Å². The van der Waals surface area contributed by atoms with E-state index in [4.69, 9.17) is 21.1 Å². The van der Waals surface area contributed by atoms with Gasteiger partial charge in [-0.15, -0.1) is 0 Å². The number of halogens is 1. The summed E-state index contributed by atoms with van der Waals surface area (Å²) < 4.78 is 38.6. The van der Waals surface area contributed by atoms with Gasteiger partial charge < -0.3 is 14.4 Å². The zero-order valence-electron chi connectivity index (χ0n) is 17.1. The third-order valence-corrected chi connectivity index (χ3v) is 7.43. The molecule has 8 heteroatoms. The molecule has 0 spiro atoms. The van der Waals surface area contributed by atoms with Crippen LogP contribution in [0.1, 0.15) is 0 Å². The lowest BCUT2D eigenvalue weighted by Gasteiger charge is -2.35. The van der Waals surface area contributed by atoms with Crippen LogP contribution in [0.2, 0.25) is 5.02 Å². The Hall–Kier alpha value is -2.74. The highest BCUT2D eigenvalue weighted by Crippen LogP contribution is 2.30. The summed E-state index contributed by atoms with van der Waals surface area (Å²) in [5.74, 6) is 1.85. The molecule has 0 atom stereocenters. The van der Waals surface area contributed by atoms with Crippen LogP contribution in [0.4, 0.5) is 5.69 Å². The Bertz CT molecular complexity index is 1130. The molecule has 0 bridgehead atoms. The second kappa shape index (κ2) is 9.18. The van der Waals surface area contributed by atoms with Crippen LogP contribution in [0.3, 0.4) is 0 Å². The first-order valence-corrected chi connectivity index (χ1v) is 11.7. The number of piperazine rings is 1. The third-order valence-electron chi connectivity index (χ3n) is 5.20. The summed E-state index contributed by atoms with van der Waals surface area (Å²) in [6.07, 6.45) is 0. The fraction of sp³-hybridized carbons (Fsp3) is 0.217. The fourth-order valence-corrected chi connectivity index (χ4v) is 5.06. The van der Waals surface area contributed by atoms with Gasteiger partial charge in [0.25, 0.3) is 0 Å². The molecule has 0 saturated carbocycles. The molecule has 0 aromatic heterocycles. The van der Waals surface area contributed by atoms with E-state index in [0.717, 1.165) is 11.4 Å². The molecule has 6 nitrogen and oxygen atoms in total. The van der Waals surface area contributed by atoms with Crippen LogP contribution in [-0.4, -0.2) is 46.0 Å². The van der Waals surface area contributed by atoms with Crippen LogP contribution < -0.4 is 14.4 Å². The van der Waals surface area contributed by atoms with Crippen molar-refractivity contribution in [1.29, 1.82) is 0 Å². The van der Waals surface area contributed by atoms with Crippen molar-refractivity contribution in [2.24, 2.45) is 0 Å².